The molecule has 0 aromatic rings. The highest BCUT2D eigenvalue weighted by atomic mass is 16.1. The molecular weight excluding hydrogens is 202 g/mol. The van der Waals surface area contributed by atoms with Gasteiger partial charge in [0.05, 0.1) is 0 Å². The zero-order valence-electron chi connectivity index (χ0n) is 10.4. The van der Waals surface area contributed by atoms with E-state index in [4.69, 9.17) is 5.73 Å². The maximum atomic E-state index is 11.4. The SMILES string of the molecule is CCCCN1CCC(NC(=O)CCN)CC1. The van der Waals surface area contributed by atoms with Crippen molar-refractivity contribution in [3.8, 4) is 0 Å². The maximum absolute atomic E-state index is 11.4. The zero-order chi connectivity index (χ0) is 11.8. The van der Waals surface area contributed by atoms with E-state index in [0.717, 1.165) is 25.9 Å². The van der Waals surface area contributed by atoms with Gasteiger partial charge in [0, 0.05) is 32.1 Å². The maximum Gasteiger partial charge on any atom is 0.221 e. The number of amides is 1. The lowest BCUT2D eigenvalue weighted by Crippen LogP contribution is -2.45. The lowest BCUT2D eigenvalue weighted by Gasteiger charge is -2.32. The number of hydrogen-bond acceptors (Lipinski definition) is 3. The Morgan fingerprint density at radius 3 is 2.69 bits per heavy atom. The van der Waals surface area contributed by atoms with Crippen molar-refractivity contribution in [3.05, 3.63) is 0 Å². The van der Waals surface area contributed by atoms with Crippen LogP contribution < -0.4 is 11.1 Å². The lowest BCUT2D eigenvalue weighted by atomic mass is 10.0. The molecule has 0 unspecified atom stereocenters. The first-order chi connectivity index (χ1) is 7.76. The first-order valence-corrected chi connectivity index (χ1v) is 6.48. The van der Waals surface area contributed by atoms with Crippen LogP contribution in [0.15, 0.2) is 0 Å². The molecule has 4 nitrogen and oxygen atoms in total. The molecule has 1 saturated heterocycles. The zero-order valence-corrected chi connectivity index (χ0v) is 10.4. The first-order valence-electron chi connectivity index (χ1n) is 6.48. The summed E-state index contributed by atoms with van der Waals surface area (Å²) >= 11 is 0. The van der Waals surface area contributed by atoms with Gasteiger partial charge in [0.2, 0.25) is 5.91 Å². The molecule has 1 aliphatic rings. The van der Waals surface area contributed by atoms with Crippen LogP contribution >= 0.6 is 0 Å². The molecule has 0 radical (unpaired) electrons. The molecule has 1 heterocycles. The monoisotopic (exact) mass is 227 g/mol. The molecule has 4 heteroatoms. The van der Waals surface area contributed by atoms with Crippen molar-refractivity contribution in [2.45, 2.75) is 45.1 Å². The minimum absolute atomic E-state index is 0.106. The second-order valence-electron chi connectivity index (χ2n) is 4.58. The van der Waals surface area contributed by atoms with E-state index in [1.165, 1.54) is 19.4 Å². The Balaban J connectivity index is 2.14. The van der Waals surface area contributed by atoms with E-state index >= 15 is 0 Å². The number of carbonyl (C=O) groups is 1. The standard InChI is InChI=1S/C12H25N3O/c1-2-3-8-15-9-5-11(6-10-15)14-12(16)4-7-13/h11H,2-10,13H2,1H3,(H,14,16). The summed E-state index contributed by atoms with van der Waals surface area (Å²) in [5.41, 5.74) is 5.34. The minimum Gasteiger partial charge on any atom is -0.353 e. The fraction of sp³-hybridized carbons (Fsp3) is 0.917. The number of hydrogen-bond donors (Lipinski definition) is 2. The third-order valence-electron chi connectivity index (χ3n) is 3.15. The van der Waals surface area contributed by atoms with Crippen molar-refractivity contribution in [2.24, 2.45) is 5.73 Å². The third-order valence-corrected chi connectivity index (χ3v) is 3.15. The average molecular weight is 227 g/mol. The summed E-state index contributed by atoms with van der Waals surface area (Å²) in [6.07, 6.45) is 5.16. The Morgan fingerprint density at radius 2 is 2.12 bits per heavy atom. The quantitative estimate of drug-likeness (QED) is 0.703. The van der Waals surface area contributed by atoms with Gasteiger partial charge in [-0.25, -0.2) is 0 Å². The second-order valence-corrected chi connectivity index (χ2v) is 4.58. The van der Waals surface area contributed by atoms with Crippen LogP contribution in [-0.4, -0.2) is 43.0 Å². The van der Waals surface area contributed by atoms with Crippen LogP contribution in [0.2, 0.25) is 0 Å². The smallest absolute Gasteiger partial charge is 0.221 e. The summed E-state index contributed by atoms with van der Waals surface area (Å²) < 4.78 is 0. The normalized spacial score (nSPS) is 18.6. The summed E-state index contributed by atoms with van der Waals surface area (Å²) in [5, 5.41) is 3.05. The van der Waals surface area contributed by atoms with Gasteiger partial charge in [-0.3, -0.25) is 4.79 Å². The van der Waals surface area contributed by atoms with Gasteiger partial charge >= 0.3 is 0 Å². The van der Waals surface area contributed by atoms with E-state index in [-0.39, 0.29) is 5.91 Å². The van der Waals surface area contributed by atoms with Gasteiger partial charge in [0.25, 0.3) is 0 Å². The van der Waals surface area contributed by atoms with Gasteiger partial charge in [-0.15, -0.1) is 0 Å². The molecule has 0 atom stereocenters. The number of rotatable bonds is 6. The number of carbonyl (C=O) groups excluding carboxylic acids is 1. The van der Waals surface area contributed by atoms with Crippen molar-refractivity contribution in [1.29, 1.82) is 0 Å². The fourth-order valence-corrected chi connectivity index (χ4v) is 2.11. The Morgan fingerprint density at radius 1 is 1.44 bits per heavy atom. The van der Waals surface area contributed by atoms with E-state index in [1.54, 1.807) is 0 Å². The van der Waals surface area contributed by atoms with Gasteiger partial charge in [0.1, 0.15) is 0 Å². The second kappa shape index (κ2) is 7.63. The molecule has 0 aliphatic carbocycles. The Labute approximate surface area is 98.6 Å². The summed E-state index contributed by atoms with van der Waals surface area (Å²) in [6.45, 7) is 6.11. The van der Waals surface area contributed by atoms with Crippen LogP contribution in [0, 0.1) is 0 Å². The highest BCUT2D eigenvalue weighted by molar-refractivity contribution is 5.76. The number of likely N-dealkylation sites (tertiary alicyclic amines) is 1. The summed E-state index contributed by atoms with van der Waals surface area (Å²) in [7, 11) is 0. The molecule has 3 N–H and O–H groups in total. The molecule has 0 bridgehead atoms. The van der Waals surface area contributed by atoms with E-state index in [0.29, 0.717) is 19.0 Å². The van der Waals surface area contributed by atoms with Gasteiger partial charge < -0.3 is 16.0 Å². The van der Waals surface area contributed by atoms with Gasteiger partial charge in [-0.05, 0) is 25.8 Å². The Kier molecular flexibility index (Phi) is 6.42. The van der Waals surface area contributed by atoms with Crippen molar-refractivity contribution >= 4 is 5.91 Å². The van der Waals surface area contributed by atoms with Crippen LogP contribution in [-0.2, 0) is 4.79 Å². The molecule has 0 saturated carbocycles. The van der Waals surface area contributed by atoms with E-state index in [2.05, 4.69) is 17.1 Å². The molecule has 0 spiro atoms. The topological polar surface area (TPSA) is 58.4 Å². The van der Waals surface area contributed by atoms with Crippen LogP contribution in [0.4, 0.5) is 0 Å². The molecule has 0 aromatic heterocycles. The molecule has 1 rings (SSSR count). The highest BCUT2D eigenvalue weighted by Gasteiger charge is 2.19. The van der Waals surface area contributed by atoms with Gasteiger partial charge in [0.15, 0.2) is 0 Å². The predicted molar refractivity (Wildman–Crippen MR) is 66.2 cm³/mol. The lowest BCUT2D eigenvalue weighted by molar-refractivity contribution is -0.121. The first kappa shape index (κ1) is 13.5. The molecule has 1 fully saturated rings. The van der Waals surface area contributed by atoms with Gasteiger partial charge in [-0.2, -0.15) is 0 Å². The number of nitrogens with one attached hydrogen (secondary N) is 1. The summed E-state index contributed by atoms with van der Waals surface area (Å²) in [4.78, 5) is 13.9. The molecule has 1 amide bonds. The van der Waals surface area contributed by atoms with Crippen molar-refractivity contribution in [1.82, 2.24) is 10.2 Å². The number of nitrogens with two attached hydrogens (primary N) is 1. The number of unbranched alkanes of at least 4 members (excludes halogenated alkanes) is 1. The Bertz CT molecular complexity index is 200. The summed E-state index contributed by atoms with van der Waals surface area (Å²) in [5.74, 6) is 0.106. The molecule has 16 heavy (non-hydrogen) atoms. The number of nitrogens with zero attached hydrogens (tertiary/aromatic N) is 1. The average Bonchev–Trinajstić information content (AvgIpc) is 2.28. The van der Waals surface area contributed by atoms with E-state index in [1.807, 2.05) is 0 Å². The third kappa shape index (κ3) is 4.94. The van der Waals surface area contributed by atoms with Crippen LogP contribution in [0.1, 0.15) is 39.0 Å². The van der Waals surface area contributed by atoms with Crippen molar-refractivity contribution in [3.63, 3.8) is 0 Å². The Hall–Kier alpha value is -0.610. The molecular formula is C12H25N3O. The van der Waals surface area contributed by atoms with Crippen LogP contribution in [0.3, 0.4) is 0 Å². The molecule has 0 aromatic carbocycles. The van der Waals surface area contributed by atoms with Crippen molar-refractivity contribution < 1.29 is 4.79 Å². The van der Waals surface area contributed by atoms with Crippen LogP contribution in [0.25, 0.3) is 0 Å². The largest absolute Gasteiger partial charge is 0.353 e. The molecule has 1 aliphatic heterocycles. The van der Waals surface area contributed by atoms with Crippen LogP contribution in [0.5, 0.6) is 0 Å². The predicted octanol–water partition coefficient (Wildman–Crippen LogP) is 0.716. The van der Waals surface area contributed by atoms with E-state index < -0.39 is 0 Å². The fourth-order valence-electron chi connectivity index (χ4n) is 2.11. The molecule has 94 valence electrons. The van der Waals surface area contributed by atoms with Crippen molar-refractivity contribution in [2.75, 3.05) is 26.2 Å². The van der Waals surface area contributed by atoms with Gasteiger partial charge in [-0.1, -0.05) is 13.3 Å². The number of piperidine rings is 1. The van der Waals surface area contributed by atoms with E-state index in [9.17, 15) is 4.79 Å². The minimum atomic E-state index is 0.106. The highest BCUT2D eigenvalue weighted by Crippen LogP contribution is 2.11. The summed E-state index contributed by atoms with van der Waals surface area (Å²) in [6, 6.07) is 0.372.